The number of hydrogen-bond acceptors (Lipinski definition) is 2. The fraction of sp³-hybridized carbons (Fsp3) is 0.0351. The maximum absolute atomic E-state index is 5.19. The molecule has 0 aliphatic heterocycles. The number of amidine groups is 2. The maximum Gasteiger partial charge on any atom is 0.161 e. The van der Waals surface area contributed by atoms with Crippen LogP contribution >= 0.6 is 0 Å². The van der Waals surface area contributed by atoms with E-state index < -0.39 is 0 Å². The van der Waals surface area contributed by atoms with E-state index in [0.717, 1.165) is 51.1 Å². The van der Waals surface area contributed by atoms with E-state index in [2.05, 4.69) is 186 Å². The van der Waals surface area contributed by atoms with Gasteiger partial charge in [0.05, 0.1) is 6.54 Å². The second kappa shape index (κ2) is 16.7. The SMILES string of the molecule is C=NC(=NC(=NCc1ccccc1)c1ccccc1)c1cc2c(c3ccccc13)Cc1cccc(-c3ccc(N(c4ccccc4)c4ccc(-c5ccccc5)cc4)cc3)c1-2. The summed E-state index contributed by atoms with van der Waals surface area (Å²) in [5.41, 5.74) is 16.1. The van der Waals surface area contributed by atoms with Crippen molar-refractivity contribution in [2.75, 3.05) is 4.90 Å². The molecule has 61 heavy (non-hydrogen) atoms. The Balaban J connectivity index is 1.05. The van der Waals surface area contributed by atoms with Gasteiger partial charge >= 0.3 is 0 Å². The van der Waals surface area contributed by atoms with Gasteiger partial charge in [-0.25, -0.2) is 9.98 Å². The summed E-state index contributed by atoms with van der Waals surface area (Å²) < 4.78 is 0. The van der Waals surface area contributed by atoms with Crippen LogP contribution in [-0.4, -0.2) is 18.4 Å². The Morgan fingerprint density at radius 3 is 1.70 bits per heavy atom. The summed E-state index contributed by atoms with van der Waals surface area (Å²) in [4.78, 5) is 17.1. The van der Waals surface area contributed by atoms with Gasteiger partial charge in [0.25, 0.3) is 0 Å². The lowest BCUT2D eigenvalue weighted by atomic mass is 9.91. The number of para-hydroxylation sites is 1. The normalized spacial score (nSPS) is 12.2. The first kappa shape index (κ1) is 37.3. The van der Waals surface area contributed by atoms with E-state index in [1.807, 2.05) is 48.5 Å². The second-order valence-corrected chi connectivity index (χ2v) is 15.2. The average molecular weight is 783 g/mol. The van der Waals surface area contributed by atoms with Crippen molar-refractivity contribution < 1.29 is 0 Å². The minimum Gasteiger partial charge on any atom is -0.311 e. The van der Waals surface area contributed by atoms with E-state index in [9.17, 15) is 0 Å². The molecular formula is C57H42N4. The third-order valence-corrected chi connectivity index (χ3v) is 11.5. The molecule has 0 saturated carbocycles. The number of aliphatic imine (C=N–C) groups is 3. The van der Waals surface area contributed by atoms with Crippen molar-refractivity contribution in [3.05, 3.63) is 246 Å². The van der Waals surface area contributed by atoms with Crippen molar-refractivity contribution in [2.45, 2.75) is 13.0 Å². The Labute approximate surface area is 357 Å². The number of benzene rings is 9. The van der Waals surface area contributed by atoms with Gasteiger partial charge in [0.1, 0.15) is 0 Å². The third kappa shape index (κ3) is 7.48. The molecule has 0 N–H and O–H groups in total. The predicted octanol–water partition coefficient (Wildman–Crippen LogP) is 14.3. The van der Waals surface area contributed by atoms with Crippen LogP contribution in [-0.2, 0) is 13.0 Å². The van der Waals surface area contributed by atoms with Crippen LogP contribution in [0.15, 0.2) is 233 Å². The molecule has 290 valence electrons. The highest BCUT2D eigenvalue weighted by molar-refractivity contribution is 6.19. The van der Waals surface area contributed by atoms with Crippen LogP contribution in [0.5, 0.6) is 0 Å². The Morgan fingerprint density at radius 2 is 1.03 bits per heavy atom. The molecule has 10 rings (SSSR count). The zero-order chi connectivity index (χ0) is 41.0. The van der Waals surface area contributed by atoms with Gasteiger partial charge in [-0.3, -0.25) is 4.99 Å². The molecule has 0 radical (unpaired) electrons. The van der Waals surface area contributed by atoms with E-state index in [1.54, 1.807) is 0 Å². The molecule has 1 aliphatic carbocycles. The van der Waals surface area contributed by atoms with Crippen LogP contribution in [0.1, 0.15) is 27.8 Å². The molecule has 0 saturated heterocycles. The van der Waals surface area contributed by atoms with Crippen LogP contribution in [0, 0.1) is 0 Å². The molecule has 0 heterocycles. The predicted molar refractivity (Wildman–Crippen MR) is 257 cm³/mol. The lowest BCUT2D eigenvalue weighted by molar-refractivity contribution is 1.06. The Hall–Kier alpha value is -7.95. The summed E-state index contributed by atoms with van der Waals surface area (Å²) in [5, 5.41) is 2.29. The van der Waals surface area contributed by atoms with E-state index in [0.29, 0.717) is 18.2 Å². The van der Waals surface area contributed by atoms with Crippen molar-refractivity contribution in [2.24, 2.45) is 15.0 Å². The van der Waals surface area contributed by atoms with Crippen molar-refractivity contribution in [1.82, 2.24) is 0 Å². The quantitative estimate of drug-likeness (QED) is 0.106. The second-order valence-electron chi connectivity index (χ2n) is 15.2. The summed E-state index contributed by atoms with van der Waals surface area (Å²) >= 11 is 0. The van der Waals surface area contributed by atoms with Crippen molar-refractivity contribution in [3.8, 4) is 33.4 Å². The zero-order valence-corrected chi connectivity index (χ0v) is 33.7. The van der Waals surface area contributed by atoms with Crippen LogP contribution in [0.25, 0.3) is 44.2 Å². The molecule has 9 aromatic rings. The number of rotatable bonds is 9. The van der Waals surface area contributed by atoms with Gasteiger partial charge in [-0.1, -0.05) is 176 Å². The Bertz CT molecular complexity index is 3050. The Morgan fingerprint density at radius 1 is 0.475 bits per heavy atom. The summed E-state index contributed by atoms with van der Waals surface area (Å²) in [5.74, 6) is 1.16. The first-order chi connectivity index (χ1) is 30.2. The number of nitrogens with zero attached hydrogens (tertiary/aromatic N) is 4. The summed E-state index contributed by atoms with van der Waals surface area (Å²) in [6.45, 7) is 4.56. The van der Waals surface area contributed by atoms with Crippen LogP contribution in [0.2, 0.25) is 0 Å². The van der Waals surface area contributed by atoms with Gasteiger partial charge in [-0.2, -0.15) is 0 Å². The first-order valence-electron chi connectivity index (χ1n) is 20.7. The summed E-state index contributed by atoms with van der Waals surface area (Å²) in [6, 6.07) is 76.9. The minimum absolute atomic E-state index is 0.503. The molecule has 0 atom stereocenters. The van der Waals surface area contributed by atoms with Crippen molar-refractivity contribution in [3.63, 3.8) is 0 Å². The monoisotopic (exact) mass is 782 g/mol. The van der Waals surface area contributed by atoms with E-state index in [-0.39, 0.29) is 0 Å². The van der Waals surface area contributed by atoms with Gasteiger partial charge in [0.15, 0.2) is 11.7 Å². The molecule has 0 unspecified atom stereocenters. The first-order valence-corrected chi connectivity index (χ1v) is 20.7. The molecule has 0 amide bonds. The van der Waals surface area contributed by atoms with Gasteiger partial charge in [-0.05, 0) is 116 Å². The number of hydrogen-bond donors (Lipinski definition) is 0. The van der Waals surface area contributed by atoms with Crippen LogP contribution in [0.4, 0.5) is 17.1 Å². The average Bonchev–Trinajstić information content (AvgIpc) is 3.73. The van der Waals surface area contributed by atoms with Crippen LogP contribution in [0.3, 0.4) is 0 Å². The molecule has 1 aliphatic rings. The fourth-order valence-electron chi connectivity index (χ4n) is 8.59. The number of fused-ring (bicyclic) bond motifs is 5. The molecule has 0 bridgehead atoms. The largest absolute Gasteiger partial charge is 0.311 e. The molecule has 0 fully saturated rings. The Kier molecular flexibility index (Phi) is 10.2. The number of anilines is 3. The molecule has 4 nitrogen and oxygen atoms in total. The van der Waals surface area contributed by atoms with E-state index in [4.69, 9.17) is 9.98 Å². The third-order valence-electron chi connectivity index (χ3n) is 11.5. The minimum atomic E-state index is 0.503. The lowest BCUT2D eigenvalue weighted by Crippen LogP contribution is -2.09. The molecule has 0 spiro atoms. The fourth-order valence-corrected chi connectivity index (χ4v) is 8.59. The standard InChI is InChI=1S/C57H42N4/c1-58-57(60-56(44-21-10-4-11-22-44)59-39-40-17-6-2-7-18-40)54-38-53-52(50-26-14-15-27-51(50)54)37-45-23-16-28-49(55(45)53)43-31-35-48(36-32-43)61(46-24-12-5-13-25-46)47-33-29-42(30-34-47)41-19-8-3-9-20-41/h2-36,38H,1,37,39H2. The molecule has 9 aromatic carbocycles. The lowest BCUT2D eigenvalue weighted by Gasteiger charge is -2.26. The smallest absolute Gasteiger partial charge is 0.161 e. The van der Waals surface area contributed by atoms with Crippen molar-refractivity contribution in [1.29, 1.82) is 0 Å². The van der Waals surface area contributed by atoms with Gasteiger partial charge in [-0.15, -0.1) is 0 Å². The zero-order valence-electron chi connectivity index (χ0n) is 33.7. The summed E-state index contributed by atoms with van der Waals surface area (Å²) in [7, 11) is 0. The maximum atomic E-state index is 5.19. The van der Waals surface area contributed by atoms with Crippen molar-refractivity contribution >= 4 is 46.2 Å². The highest BCUT2D eigenvalue weighted by Crippen LogP contribution is 2.47. The van der Waals surface area contributed by atoms with Gasteiger partial charge < -0.3 is 4.90 Å². The van der Waals surface area contributed by atoms with E-state index >= 15 is 0 Å². The topological polar surface area (TPSA) is 40.3 Å². The van der Waals surface area contributed by atoms with Gasteiger partial charge in [0.2, 0.25) is 0 Å². The highest BCUT2D eigenvalue weighted by Gasteiger charge is 2.26. The summed E-state index contributed by atoms with van der Waals surface area (Å²) in [6.07, 6.45) is 0.847. The van der Waals surface area contributed by atoms with Gasteiger partial charge in [0, 0.05) is 28.2 Å². The molecule has 4 heteroatoms. The molecule has 0 aromatic heterocycles. The highest BCUT2D eigenvalue weighted by atomic mass is 15.1. The van der Waals surface area contributed by atoms with E-state index in [1.165, 1.54) is 44.3 Å². The van der Waals surface area contributed by atoms with Crippen LogP contribution < -0.4 is 4.90 Å². The molecular weight excluding hydrogens is 741 g/mol.